The minimum absolute atomic E-state index is 0.585. The Bertz CT molecular complexity index is 2800. The minimum atomic E-state index is 0.585. The molecule has 3 heterocycles. The van der Waals surface area contributed by atoms with E-state index in [0.717, 1.165) is 60.9 Å². The Kier molecular flexibility index (Phi) is 6.42. The summed E-state index contributed by atoms with van der Waals surface area (Å²) in [5.41, 5.74) is 9.83. The van der Waals surface area contributed by atoms with Gasteiger partial charge in [0.25, 0.3) is 0 Å². The molecule has 0 spiro atoms. The van der Waals surface area contributed by atoms with E-state index in [0.29, 0.717) is 17.5 Å². The number of hydrogen-bond acceptors (Lipinski definition) is 4. The van der Waals surface area contributed by atoms with Crippen LogP contribution in [0.25, 0.3) is 94.7 Å². The van der Waals surface area contributed by atoms with Crippen LogP contribution in [0.2, 0.25) is 0 Å². The van der Waals surface area contributed by atoms with E-state index in [9.17, 15) is 0 Å². The number of benzene rings is 7. The molecular weight excluding hydrogens is 613 g/mol. The first-order chi connectivity index (χ1) is 24.8. The smallest absolute Gasteiger partial charge is 0.164 e. The fourth-order valence-corrected chi connectivity index (χ4v) is 7.13. The molecular formula is C45H28N4O. The van der Waals surface area contributed by atoms with Crippen molar-refractivity contribution in [2.24, 2.45) is 0 Å². The fraction of sp³-hybridized carbons (Fsp3) is 0. The Labute approximate surface area is 287 Å². The SMILES string of the molecule is c1ccc(-c2ccc3c4ccccc4n(-c4cc(-c5nc(-c6ccccc6)nc(-c6ccccc6)n5)c5c(c4)oc4ccccc45)c3c2)cc1. The van der Waals surface area contributed by atoms with Crippen molar-refractivity contribution >= 4 is 43.7 Å². The molecule has 10 aromatic rings. The van der Waals surface area contributed by atoms with Crippen LogP contribution in [-0.2, 0) is 0 Å². The molecule has 0 bridgehead atoms. The van der Waals surface area contributed by atoms with Crippen LogP contribution in [-0.4, -0.2) is 19.5 Å². The lowest BCUT2D eigenvalue weighted by Crippen LogP contribution is -2.01. The van der Waals surface area contributed by atoms with E-state index >= 15 is 0 Å². The Balaban J connectivity index is 1.30. The van der Waals surface area contributed by atoms with Gasteiger partial charge in [0.05, 0.1) is 16.7 Å². The monoisotopic (exact) mass is 640 g/mol. The summed E-state index contributed by atoms with van der Waals surface area (Å²) in [6.07, 6.45) is 0. The van der Waals surface area contributed by atoms with E-state index in [2.05, 4.69) is 95.6 Å². The van der Waals surface area contributed by atoms with Crippen molar-refractivity contribution in [2.75, 3.05) is 0 Å². The predicted octanol–water partition coefficient (Wildman–Crippen LogP) is 11.5. The molecule has 50 heavy (non-hydrogen) atoms. The van der Waals surface area contributed by atoms with Crippen LogP contribution in [0.15, 0.2) is 174 Å². The quantitative estimate of drug-likeness (QED) is 0.188. The number of rotatable bonds is 5. The van der Waals surface area contributed by atoms with E-state index in [-0.39, 0.29) is 0 Å². The summed E-state index contributed by atoms with van der Waals surface area (Å²) in [6.45, 7) is 0. The van der Waals surface area contributed by atoms with Crippen molar-refractivity contribution in [3.8, 4) is 51.0 Å². The maximum atomic E-state index is 6.62. The second-order valence-electron chi connectivity index (χ2n) is 12.5. The maximum Gasteiger partial charge on any atom is 0.164 e. The third-order valence-corrected chi connectivity index (χ3v) is 9.44. The van der Waals surface area contributed by atoms with E-state index in [1.54, 1.807) is 0 Å². The lowest BCUT2D eigenvalue weighted by atomic mass is 10.0. The molecule has 3 aromatic heterocycles. The highest BCUT2D eigenvalue weighted by atomic mass is 16.3. The van der Waals surface area contributed by atoms with Crippen molar-refractivity contribution in [3.63, 3.8) is 0 Å². The summed E-state index contributed by atoms with van der Waals surface area (Å²) >= 11 is 0. The maximum absolute atomic E-state index is 6.62. The molecule has 0 aliphatic carbocycles. The van der Waals surface area contributed by atoms with Crippen molar-refractivity contribution in [1.82, 2.24) is 19.5 Å². The van der Waals surface area contributed by atoms with Gasteiger partial charge in [0.1, 0.15) is 11.2 Å². The van der Waals surface area contributed by atoms with E-state index in [1.165, 1.54) is 16.3 Å². The molecule has 0 fully saturated rings. The summed E-state index contributed by atoms with van der Waals surface area (Å²) in [5.74, 6) is 1.82. The highest BCUT2D eigenvalue weighted by Gasteiger charge is 2.21. The largest absolute Gasteiger partial charge is 0.456 e. The molecule has 5 heteroatoms. The Morgan fingerprint density at radius 2 is 0.940 bits per heavy atom. The topological polar surface area (TPSA) is 56.7 Å². The van der Waals surface area contributed by atoms with E-state index in [1.807, 2.05) is 78.9 Å². The Morgan fingerprint density at radius 1 is 0.380 bits per heavy atom. The number of furan rings is 1. The summed E-state index contributed by atoms with van der Waals surface area (Å²) in [4.78, 5) is 15.3. The summed E-state index contributed by atoms with van der Waals surface area (Å²) in [6, 6.07) is 58.6. The highest BCUT2D eigenvalue weighted by Crippen LogP contribution is 2.41. The van der Waals surface area contributed by atoms with E-state index < -0.39 is 0 Å². The van der Waals surface area contributed by atoms with Gasteiger partial charge in [0.15, 0.2) is 17.5 Å². The van der Waals surface area contributed by atoms with Gasteiger partial charge in [-0.15, -0.1) is 0 Å². The second kappa shape index (κ2) is 11.4. The van der Waals surface area contributed by atoms with Gasteiger partial charge >= 0.3 is 0 Å². The van der Waals surface area contributed by atoms with Gasteiger partial charge < -0.3 is 8.98 Å². The van der Waals surface area contributed by atoms with Crippen LogP contribution in [0.3, 0.4) is 0 Å². The van der Waals surface area contributed by atoms with Gasteiger partial charge in [-0.1, -0.05) is 140 Å². The van der Waals surface area contributed by atoms with Gasteiger partial charge in [-0.25, -0.2) is 15.0 Å². The first kappa shape index (κ1) is 28.2. The fourth-order valence-electron chi connectivity index (χ4n) is 7.13. The van der Waals surface area contributed by atoms with E-state index in [4.69, 9.17) is 19.4 Å². The van der Waals surface area contributed by atoms with Crippen LogP contribution in [0.1, 0.15) is 0 Å². The van der Waals surface area contributed by atoms with Gasteiger partial charge in [0.2, 0.25) is 0 Å². The molecule has 0 aliphatic heterocycles. The van der Waals surface area contributed by atoms with Gasteiger partial charge in [-0.2, -0.15) is 0 Å². The average molecular weight is 641 g/mol. The van der Waals surface area contributed by atoms with Crippen molar-refractivity contribution in [3.05, 3.63) is 170 Å². The van der Waals surface area contributed by atoms with Crippen molar-refractivity contribution in [2.45, 2.75) is 0 Å². The Morgan fingerprint density at radius 3 is 1.64 bits per heavy atom. The number of hydrogen-bond donors (Lipinski definition) is 0. The first-order valence-electron chi connectivity index (χ1n) is 16.7. The lowest BCUT2D eigenvalue weighted by Gasteiger charge is -2.13. The van der Waals surface area contributed by atoms with Crippen LogP contribution < -0.4 is 0 Å². The zero-order valence-corrected chi connectivity index (χ0v) is 26.9. The molecule has 10 rings (SSSR count). The van der Waals surface area contributed by atoms with Crippen LogP contribution >= 0.6 is 0 Å². The molecule has 5 nitrogen and oxygen atoms in total. The standard InChI is InChI=1S/C45H28N4O/c1-4-14-29(15-5-1)32-24-25-35-34-20-10-12-22-38(34)49(39(35)26-32)33-27-37(42-36-21-11-13-23-40(36)50-41(42)28-33)45-47-43(30-16-6-2-7-17-30)46-44(48-45)31-18-8-3-9-19-31/h1-28H. The van der Waals surface area contributed by atoms with Gasteiger partial charge in [-0.3, -0.25) is 0 Å². The molecule has 0 saturated heterocycles. The molecule has 0 amide bonds. The number of para-hydroxylation sites is 2. The number of nitrogens with zero attached hydrogens (tertiary/aromatic N) is 4. The Hall–Kier alpha value is -6.85. The van der Waals surface area contributed by atoms with Gasteiger partial charge in [-0.05, 0) is 35.4 Å². The molecule has 7 aromatic carbocycles. The normalized spacial score (nSPS) is 11.6. The lowest BCUT2D eigenvalue weighted by molar-refractivity contribution is 0.668. The number of fused-ring (bicyclic) bond motifs is 6. The average Bonchev–Trinajstić information content (AvgIpc) is 3.74. The molecule has 0 aliphatic rings. The molecule has 0 saturated carbocycles. The first-order valence-corrected chi connectivity index (χ1v) is 16.7. The van der Waals surface area contributed by atoms with Crippen molar-refractivity contribution < 1.29 is 4.42 Å². The highest BCUT2D eigenvalue weighted by molar-refractivity contribution is 6.14. The van der Waals surface area contributed by atoms with Crippen molar-refractivity contribution in [1.29, 1.82) is 0 Å². The molecule has 234 valence electrons. The van der Waals surface area contributed by atoms with Gasteiger partial charge in [0, 0.05) is 44.3 Å². The molecule has 0 N–H and O–H groups in total. The summed E-state index contributed by atoms with van der Waals surface area (Å²) in [7, 11) is 0. The third-order valence-electron chi connectivity index (χ3n) is 9.44. The second-order valence-corrected chi connectivity index (χ2v) is 12.5. The molecule has 0 unspecified atom stereocenters. The molecule has 0 atom stereocenters. The van der Waals surface area contributed by atoms with Crippen LogP contribution in [0, 0.1) is 0 Å². The zero-order valence-electron chi connectivity index (χ0n) is 26.9. The minimum Gasteiger partial charge on any atom is -0.456 e. The zero-order chi connectivity index (χ0) is 33.0. The van der Waals surface area contributed by atoms with Crippen LogP contribution in [0.5, 0.6) is 0 Å². The predicted molar refractivity (Wildman–Crippen MR) is 203 cm³/mol. The summed E-state index contributed by atoms with van der Waals surface area (Å²) < 4.78 is 8.95. The van der Waals surface area contributed by atoms with Crippen LogP contribution in [0.4, 0.5) is 0 Å². The summed E-state index contributed by atoms with van der Waals surface area (Å²) in [5, 5.41) is 4.36. The molecule has 0 radical (unpaired) electrons. The number of aromatic nitrogens is 4. The third kappa shape index (κ3) is 4.60.